The first kappa shape index (κ1) is 92.1. The van der Waals surface area contributed by atoms with E-state index in [1.54, 1.807) is 56.7 Å². The summed E-state index contributed by atoms with van der Waals surface area (Å²) in [6, 6.07) is 28.7. The lowest BCUT2D eigenvalue weighted by Gasteiger charge is -2.14. The monoisotopic (exact) mass is 1870 g/mol. The first-order valence-corrected chi connectivity index (χ1v) is 56.7. The van der Waals surface area contributed by atoms with Crippen LogP contribution < -0.4 is 0 Å². The van der Waals surface area contributed by atoms with Gasteiger partial charge in [-0.1, -0.05) is 212 Å². The molecule has 14 rings (SSSR count). The lowest BCUT2D eigenvalue weighted by molar-refractivity contribution is 0.0420. The Morgan fingerprint density at radius 2 is 0.683 bits per heavy atom. The number of esters is 2. The van der Waals surface area contributed by atoms with Crippen LogP contribution in [0.4, 0.5) is 8.78 Å². The van der Waals surface area contributed by atoms with Crippen LogP contribution in [0.2, 0.25) is 0 Å². The number of carbonyl (C=O) groups excluding carboxylic acids is 2. The van der Waals surface area contributed by atoms with Gasteiger partial charge in [-0.2, -0.15) is 0 Å². The van der Waals surface area contributed by atoms with Gasteiger partial charge in [-0.05, 0) is 161 Å². The molecule has 0 radical (unpaired) electrons. The van der Waals surface area contributed by atoms with E-state index < -0.39 is 23.6 Å². The third-order valence-corrected chi connectivity index (χ3v) is 42.1. The van der Waals surface area contributed by atoms with E-state index in [0.29, 0.717) is 34.4 Å². The minimum absolute atomic E-state index is 0.0351. The molecule has 6 unspecified atom stereocenters. The van der Waals surface area contributed by atoms with Crippen LogP contribution >= 0.6 is 160 Å². The zero-order valence-electron chi connectivity index (χ0n) is 72.7. The summed E-state index contributed by atoms with van der Waals surface area (Å²) in [6.45, 7) is 32.1. The number of rotatable bonds is 47. The molecule has 6 atom stereocenters. The maximum atomic E-state index is 19.0. The van der Waals surface area contributed by atoms with E-state index in [2.05, 4.69) is 163 Å². The fourth-order valence-corrected chi connectivity index (χ4v) is 35.0. The van der Waals surface area contributed by atoms with Gasteiger partial charge in [0.15, 0.2) is 11.6 Å². The minimum atomic E-state index is -0.590. The number of ether oxygens (including phenoxy) is 2. The topological polar surface area (TPSA) is 52.6 Å². The van der Waals surface area contributed by atoms with Crippen molar-refractivity contribution in [3.05, 3.63) is 114 Å². The van der Waals surface area contributed by atoms with Crippen molar-refractivity contribution in [2.24, 2.45) is 35.5 Å². The van der Waals surface area contributed by atoms with Crippen LogP contribution in [0, 0.1) is 61.0 Å². The Hall–Kier alpha value is -4.10. The number of hydrogen-bond acceptors (Lipinski definition) is 18. The molecule has 0 amide bonds. The van der Waals surface area contributed by atoms with Crippen molar-refractivity contribution < 1.29 is 27.8 Å². The van der Waals surface area contributed by atoms with Crippen molar-refractivity contribution in [1.82, 2.24) is 0 Å². The predicted molar refractivity (Wildman–Crippen MR) is 543 cm³/mol. The van der Waals surface area contributed by atoms with Crippen molar-refractivity contribution in [1.29, 1.82) is 0 Å². The van der Waals surface area contributed by atoms with Crippen LogP contribution in [0.15, 0.2) is 81.2 Å². The number of hydrogen-bond donors (Lipinski definition) is 0. The van der Waals surface area contributed by atoms with Crippen LogP contribution in [0.3, 0.4) is 0 Å². The van der Waals surface area contributed by atoms with Gasteiger partial charge in [-0.15, -0.1) is 160 Å². The molecule has 2 aromatic carbocycles. The fourth-order valence-electron chi connectivity index (χ4n) is 17.1. The highest BCUT2D eigenvalue weighted by atomic mass is 32.2. The molecule has 0 aliphatic heterocycles. The molecular formula is C100H120F2O4S14. The molecular weight excluding hydrogens is 1750 g/mol. The van der Waals surface area contributed by atoms with Crippen molar-refractivity contribution in [2.75, 3.05) is 24.7 Å². The second-order valence-electron chi connectivity index (χ2n) is 33.3. The van der Waals surface area contributed by atoms with Crippen LogP contribution in [0.25, 0.3) is 132 Å². The van der Waals surface area contributed by atoms with Gasteiger partial charge in [0.2, 0.25) is 0 Å². The zero-order chi connectivity index (χ0) is 84.4. The molecule has 120 heavy (non-hydrogen) atoms. The summed E-state index contributed by atoms with van der Waals surface area (Å²) in [7, 11) is 0. The highest BCUT2D eigenvalue weighted by Crippen LogP contribution is 2.61. The first-order valence-electron chi connectivity index (χ1n) is 44.9. The lowest BCUT2D eigenvalue weighted by atomic mass is 9.95. The maximum absolute atomic E-state index is 19.0. The standard InChI is InChI=1S/C100H120F2O4S14/c1-15-27-33-59(21-7)48-65-39-41-71(111-65)82-69-51-76(93-95-80(58(14)110-93)86(101)97(119-95)99(103)105-53-61(23-9)35-29-17-3)116-90(69)83(72-42-40-66(112-72)49-60(22-8)34-28-16-2)70-52-77(117-91(70)82)94-96-85(87(102)98(120-96)100(104)106-54-62(24-10)36-30-18-4)92(118-94)75-50-68-84(74-44-46-79(114-74)108-56-64(26-12)38-32-20-6)88-67(47-57(13)109-88)81(89(68)115-75)73-43-45-78(113-73)107-55-63(25-11)37-31-19-5/h39-47,50-52,59-64H,15-38,48-49,53-56H2,1-14H3. The molecule has 0 saturated heterocycles. The number of thioether (sulfide) groups is 2. The molecule has 4 nitrogen and oxygen atoms in total. The van der Waals surface area contributed by atoms with Gasteiger partial charge in [0.25, 0.3) is 0 Å². The number of thiophene rings is 12. The SMILES string of the molecule is CCCCC(CC)COC(=O)c1sc2c(-c3cc4c(-c5ccc(CC(CC)CCCC)s5)c5sc(-c6sc(-c7cc8c(-c9ccc(SCC(CC)CCCC)s9)c9sc(C)cc9c(-c9ccc(SCC(CC)CCCC)s9)c8s7)c7c(F)c(C(=O)OCC(CC)CCCC)sc67)cc5c(-c5ccc(CC(CC)CCCC)s5)c4s3)sc(C)c2c1F. The predicted octanol–water partition coefficient (Wildman–Crippen LogP) is 38.8. The Bertz CT molecular complexity index is 5550. The summed E-state index contributed by atoms with van der Waals surface area (Å²) in [5.41, 5.74) is 4.87. The van der Waals surface area contributed by atoms with Gasteiger partial charge < -0.3 is 9.47 Å². The van der Waals surface area contributed by atoms with E-state index in [4.69, 9.17) is 9.47 Å². The Morgan fingerprint density at radius 1 is 0.342 bits per heavy atom. The van der Waals surface area contributed by atoms with E-state index in [0.717, 1.165) is 143 Å². The van der Waals surface area contributed by atoms with Gasteiger partial charge in [0.05, 0.1) is 45.7 Å². The molecule has 12 heterocycles. The Kier molecular flexibility index (Phi) is 33.1. The number of benzene rings is 2. The smallest absolute Gasteiger partial charge is 0.351 e. The number of halogens is 2. The molecule has 14 aromatic rings. The van der Waals surface area contributed by atoms with Gasteiger partial charge in [-0.3, -0.25) is 0 Å². The van der Waals surface area contributed by atoms with E-state index in [1.807, 2.05) is 87.1 Å². The quantitative estimate of drug-likeness (QED) is 0.0280. The van der Waals surface area contributed by atoms with Crippen molar-refractivity contribution in [3.63, 3.8) is 0 Å². The molecule has 0 fully saturated rings. The number of unbranched alkanes of at least 4 members (excludes halogenated alkanes) is 6. The molecule has 0 bridgehead atoms. The van der Waals surface area contributed by atoms with Crippen LogP contribution in [0.1, 0.15) is 276 Å². The van der Waals surface area contributed by atoms with Gasteiger partial charge >= 0.3 is 11.9 Å². The van der Waals surface area contributed by atoms with E-state index in [1.165, 1.54) is 207 Å². The van der Waals surface area contributed by atoms with Crippen molar-refractivity contribution in [3.8, 4) is 71.0 Å². The normalized spacial score (nSPS) is 13.8. The fraction of sp³-hybridized carbons (Fsp3) is 0.500. The lowest BCUT2D eigenvalue weighted by Crippen LogP contribution is -2.14. The van der Waals surface area contributed by atoms with Crippen LogP contribution in [-0.4, -0.2) is 36.7 Å². The zero-order valence-corrected chi connectivity index (χ0v) is 84.1. The summed E-state index contributed by atoms with van der Waals surface area (Å²) in [4.78, 5) is 45.0. The van der Waals surface area contributed by atoms with Gasteiger partial charge in [0.1, 0.15) is 9.75 Å². The van der Waals surface area contributed by atoms with E-state index >= 15 is 13.6 Å². The van der Waals surface area contributed by atoms with Gasteiger partial charge in [-0.25, -0.2) is 18.4 Å². The molecule has 0 aliphatic carbocycles. The van der Waals surface area contributed by atoms with Crippen molar-refractivity contribution >= 4 is 232 Å². The second-order valence-corrected chi connectivity index (χ2v) is 49.1. The number of carbonyl (C=O) groups is 2. The number of aryl methyl sites for hydroxylation is 2. The van der Waals surface area contributed by atoms with E-state index in [9.17, 15) is 4.79 Å². The summed E-state index contributed by atoms with van der Waals surface area (Å²) in [5, 5.41) is 5.77. The van der Waals surface area contributed by atoms with E-state index in [-0.39, 0.29) is 34.8 Å². The largest absolute Gasteiger partial charge is 0.461 e. The highest BCUT2D eigenvalue weighted by molar-refractivity contribution is 8.01. The number of fused-ring (bicyclic) bond motifs is 6. The molecule has 0 spiro atoms. The van der Waals surface area contributed by atoms with Crippen LogP contribution in [-0.2, 0) is 22.3 Å². The average molecular weight is 1870 g/mol. The molecule has 20 heteroatoms. The van der Waals surface area contributed by atoms with Crippen molar-refractivity contribution in [2.45, 2.75) is 272 Å². The highest BCUT2D eigenvalue weighted by Gasteiger charge is 2.35. The van der Waals surface area contributed by atoms with Crippen LogP contribution in [0.5, 0.6) is 0 Å². The summed E-state index contributed by atoms with van der Waals surface area (Å²) in [5.74, 6) is 2.98. The first-order chi connectivity index (χ1) is 58.4. The minimum Gasteiger partial charge on any atom is -0.461 e. The Labute approximate surface area is 769 Å². The Morgan fingerprint density at radius 3 is 1.09 bits per heavy atom. The maximum Gasteiger partial charge on any atom is 0.351 e. The molecule has 642 valence electrons. The summed E-state index contributed by atoms with van der Waals surface area (Å²) in [6.07, 6.45) is 29.2. The summed E-state index contributed by atoms with van der Waals surface area (Å²) < 4.78 is 57.7. The molecule has 12 aromatic heterocycles. The second kappa shape index (κ2) is 43.1. The molecule has 0 N–H and O–H groups in total. The molecule has 0 saturated carbocycles. The Balaban J connectivity index is 1.01. The third-order valence-electron chi connectivity index (χ3n) is 24.8. The molecule has 0 aliphatic rings. The average Bonchev–Trinajstić information content (AvgIpc) is 1.55. The third kappa shape index (κ3) is 20.2. The summed E-state index contributed by atoms with van der Waals surface area (Å²) >= 11 is 24.8. The van der Waals surface area contributed by atoms with Gasteiger partial charge in [0, 0.05) is 139 Å².